The van der Waals surface area contributed by atoms with Crippen LogP contribution in [-0.2, 0) is 9.59 Å². The van der Waals surface area contributed by atoms with Gasteiger partial charge in [0, 0.05) is 6.04 Å². The molecule has 21 heavy (non-hydrogen) atoms. The molecule has 0 bridgehead atoms. The van der Waals surface area contributed by atoms with Crippen LogP contribution in [-0.4, -0.2) is 45.0 Å². The molecule has 1 aromatic rings. The van der Waals surface area contributed by atoms with E-state index in [2.05, 4.69) is 20.8 Å². The zero-order valence-electron chi connectivity index (χ0n) is 12.0. The Kier molecular flexibility index (Phi) is 6.15. The summed E-state index contributed by atoms with van der Waals surface area (Å²) < 4.78 is 0.839. The summed E-state index contributed by atoms with van der Waals surface area (Å²) in [6.07, 6.45) is 0. The molecule has 0 aromatic carbocycles. The Bertz CT molecular complexity index is 586. The van der Waals surface area contributed by atoms with Gasteiger partial charge in [-0.2, -0.15) is 4.68 Å². The molecule has 1 heterocycles. The Balaban J connectivity index is 2.45. The van der Waals surface area contributed by atoms with E-state index in [1.165, 1.54) is 6.92 Å². The van der Waals surface area contributed by atoms with Crippen molar-refractivity contribution in [3.63, 3.8) is 0 Å². The van der Waals surface area contributed by atoms with Crippen molar-refractivity contribution in [1.29, 1.82) is 0 Å². The van der Waals surface area contributed by atoms with Gasteiger partial charge in [0.15, 0.2) is 0 Å². The fourth-order valence-corrected chi connectivity index (χ4v) is 1.98. The predicted molar refractivity (Wildman–Crippen MR) is 78.2 cm³/mol. The van der Waals surface area contributed by atoms with Crippen LogP contribution in [0.4, 0.5) is 0 Å². The molecule has 0 aliphatic rings. The zero-order valence-corrected chi connectivity index (χ0v) is 12.9. The summed E-state index contributed by atoms with van der Waals surface area (Å²) in [5.41, 5.74) is -0.291. The van der Waals surface area contributed by atoms with Gasteiger partial charge in [-0.15, -0.1) is 10.2 Å². The van der Waals surface area contributed by atoms with Crippen LogP contribution >= 0.6 is 11.8 Å². The van der Waals surface area contributed by atoms with Crippen molar-refractivity contribution in [3.05, 3.63) is 16.0 Å². The summed E-state index contributed by atoms with van der Waals surface area (Å²) in [5.74, 6) is 4.87. The van der Waals surface area contributed by atoms with Crippen molar-refractivity contribution in [3.8, 4) is 0 Å². The molecule has 0 saturated carbocycles. The van der Waals surface area contributed by atoms with E-state index in [-0.39, 0.29) is 41.0 Å². The minimum Gasteiger partial charge on any atom is -0.352 e. The van der Waals surface area contributed by atoms with Crippen LogP contribution in [0.3, 0.4) is 0 Å². The summed E-state index contributed by atoms with van der Waals surface area (Å²) >= 11 is 0.964. The van der Waals surface area contributed by atoms with Gasteiger partial charge in [-0.1, -0.05) is 11.8 Å². The summed E-state index contributed by atoms with van der Waals surface area (Å²) in [5, 5.41) is 12.6. The Morgan fingerprint density at radius 1 is 1.33 bits per heavy atom. The van der Waals surface area contributed by atoms with E-state index >= 15 is 0 Å². The van der Waals surface area contributed by atoms with E-state index in [9.17, 15) is 14.4 Å². The number of amides is 2. The van der Waals surface area contributed by atoms with Crippen molar-refractivity contribution in [2.75, 3.05) is 18.1 Å². The molecule has 0 aliphatic heterocycles. The molecular formula is C11H18N6O3S. The van der Waals surface area contributed by atoms with Crippen LogP contribution < -0.4 is 22.0 Å². The van der Waals surface area contributed by atoms with Gasteiger partial charge in [0.25, 0.3) is 5.56 Å². The van der Waals surface area contributed by atoms with E-state index in [0.29, 0.717) is 0 Å². The molecule has 0 spiro atoms. The molecule has 0 fully saturated rings. The van der Waals surface area contributed by atoms with Gasteiger partial charge in [-0.3, -0.25) is 14.4 Å². The highest BCUT2D eigenvalue weighted by atomic mass is 32.2. The molecule has 1 aromatic heterocycles. The van der Waals surface area contributed by atoms with Crippen LogP contribution in [0.25, 0.3) is 0 Å². The largest absolute Gasteiger partial charge is 0.352 e. The number of aromatic nitrogens is 3. The average molecular weight is 314 g/mol. The van der Waals surface area contributed by atoms with Gasteiger partial charge in [0.2, 0.25) is 17.0 Å². The van der Waals surface area contributed by atoms with Crippen LogP contribution in [0.1, 0.15) is 19.5 Å². The Morgan fingerprint density at radius 3 is 2.62 bits per heavy atom. The van der Waals surface area contributed by atoms with Crippen LogP contribution in [0, 0.1) is 6.92 Å². The van der Waals surface area contributed by atoms with Gasteiger partial charge in [-0.05, 0) is 20.8 Å². The highest BCUT2D eigenvalue weighted by Gasteiger charge is 2.11. The molecule has 0 unspecified atom stereocenters. The molecule has 1 rings (SSSR count). The van der Waals surface area contributed by atoms with Crippen molar-refractivity contribution in [1.82, 2.24) is 25.5 Å². The fraction of sp³-hybridized carbons (Fsp3) is 0.545. The molecule has 0 atom stereocenters. The number of rotatable bonds is 6. The van der Waals surface area contributed by atoms with E-state index in [1.54, 1.807) is 0 Å². The quantitative estimate of drug-likeness (QED) is 0.425. The lowest BCUT2D eigenvalue weighted by atomic mass is 10.4. The fourth-order valence-electron chi connectivity index (χ4n) is 1.30. The van der Waals surface area contributed by atoms with Crippen molar-refractivity contribution in [2.24, 2.45) is 0 Å². The second-order valence-corrected chi connectivity index (χ2v) is 5.47. The first-order valence-electron chi connectivity index (χ1n) is 6.21. The predicted octanol–water partition coefficient (Wildman–Crippen LogP) is -1.61. The lowest BCUT2D eigenvalue weighted by Crippen LogP contribution is -2.40. The number of nitrogens with one attached hydrogen (secondary N) is 2. The topological polar surface area (TPSA) is 132 Å². The maximum atomic E-state index is 11.6. The summed E-state index contributed by atoms with van der Waals surface area (Å²) in [7, 11) is 0. The van der Waals surface area contributed by atoms with Gasteiger partial charge >= 0.3 is 0 Å². The number of hydrogen-bond acceptors (Lipinski definition) is 7. The van der Waals surface area contributed by atoms with Crippen LogP contribution in [0.15, 0.2) is 9.95 Å². The SMILES string of the molecule is Cc1nnc(SCC(=O)NCC(=O)NC(C)C)n(N)c1=O. The number of nitrogens with zero attached hydrogens (tertiary/aromatic N) is 3. The van der Waals surface area contributed by atoms with Gasteiger partial charge in [-0.25, -0.2) is 0 Å². The van der Waals surface area contributed by atoms with Gasteiger partial charge < -0.3 is 16.5 Å². The average Bonchev–Trinajstić information content (AvgIpc) is 2.41. The maximum absolute atomic E-state index is 11.6. The minimum absolute atomic E-state index is 0.0123. The number of nitrogen functional groups attached to an aromatic ring is 1. The molecule has 9 nitrogen and oxygen atoms in total. The van der Waals surface area contributed by atoms with Crippen molar-refractivity contribution >= 4 is 23.6 Å². The standard InChI is InChI=1S/C11H18N6O3S/c1-6(2)14-8(18)4-13-9(19)5-21-11-16-15-7(3)10(20)17(11)12/h6H,4-5,12H2,1-3H3,(H,13,19)(H,14,18). The second kappa shape index (κ2) is 7.62. The molecule has 10 heteroatoms. The monoisotopic (exact) mass is 314 g/mol. The van der Waals surface area contributed by atoms with Crippen molar-refractivity contribution < 1.29 is 9.59 Å². The molecule has 0 radical (unpaired) electrons. The van der Waals surface area contributed by atoms with Gasteiger partial charge in [0.05, 0.1) is 12.3 Å². The molecule has 0 aliphatic carbocycles. The Hall–Kier alpha value is -2.10. The molecule has 116 valence electrons. The molecular weight excluding hydrogens is 296 g/mol. The van der Waals surface area contributed by atoms with E-state index in [0.717, 1.165) is 16.4 Å². The number of thioether (sulfide) groups is 1. The first-order chi connectivity index (χ1) is 9.81. The van der Waals surface area contributed by atoms with Crippen molar-refractivity contribution in [2.45, 2.75) is 32.0 Å². The number of hydrogen-bond donors (Lipinski definition) is 3. The number of carbonyl (C=O) groups is 2. The third-order valence-corrected chi connectivity index (χ3v) is 3.19. The Labute approximate surface area is 125 Å². The molecule has 4 N–H and O–H groups in total. The first kappa shape index (κ1) is 17.0. The number of aryl methyl sites for hydroxylation is 1. The number of nitrogens with two attached hydrogens (primary N) is 1. The zero-order chi connectivity index (χ0) is 16.0. The smallest absolute Gasteiger partial charge is 0.294 e. The van der Waals surface area contributed by atoms with Crippen LogP contribution in [0.5, 0.6) is 0 Å². The third kappa shape index (κ3) is 5.42. The number of carbonyl (C=O) groups excluding carboxylic acids is 2. The van der Waals surface area contributed by atoms with E-state index in [4.69, 9.17) is 5.84 Å². The maximum Gasteiger partial charge on any atom is 0.294 e. The molecule has 0 saturated heterocycles. The third-order valence-electron chi connectivity index (χ3n) is 2.25. The van der Waals surface area contributed by atoms with E-state index < -0.39 is 5.56 Å². The lowest BCUT2D eigenvalue weighted by Gasteiger charge is -2.09. The lowest BCUT2D eigenvalue weighted by molar-refractivity contribution is -0.125. The first-order valence-corrected chi connectivity index (χ1v) is 7.20. The highest BCUT2D eigenvalue weighted by Crippen LogP contribution is 2.10. The molecule has 2 amide bonds. The highest BCUT2D eigenvalue weighted by molar-refractivity contribution is 7.99. The summed E-state index contributed by atoms with van der Waals surface area (Å²) in [6, 6.07) is 0.0123. The van der Waals surface area contributed by atoms with Crippen LogP contribution in [0.2, 0.25) is 0 Å². The van der Waals surface area contributed by atoms with E-state index in [1.807, 2.05) is 13.8 Å². The summed E-state index contributed by atoms with van der Waals surface area (Å²) in [4.78, 5) is 34.4. The second-order valence-electron chi connectivity index (χ2n) is 4.53. The minimum atomic E-state index is -0.468. The van der Waals surface area contributed by atoms with Gasteiger partial charge in [0.1, 0.15) is 5.69 Å². The summed E-state index contributed by atoms with van der Waals surface area (Å²) in [6.45, 7) is 5.04. The Morgan fingerprint density at radius 2 is 2.00 bits per heavy atom. The normalized spacial score (nSPS) is 10.5.